The van der Waals surface area contributed by atoms with Crippen molar-refractivity contribution >= 4 is 17.5 Å². The van der Waals surface area contributed by atoms with Gasteiger partial charge in [-0.05, 0) is 37.3 Å². The number of pyridine rings is 2. The van der Waals surface area contributed by atoms with Crippen molar-refractivity contribution < 1.29 is 23.4 Å². The number of unbranched alkanes of at least 4 members (excludes halogenated alkanes) is 3. The van der Waals surface area contributed by atoms with Crippen LogP contribution in [0.15, 0.2) is 36.7 Å². The Labute approximate surface area is 203 Å². The zero-order valence-electron chi connectivity index (χ0n) is 20.4. The normalized spacial score (nSPS) is 11.0. The summed E-state index contributed by atoms with van der Waals surface area (Å²) in [6, 6.07) is 8.52. The highest BCUT2D eigenvalue weighted by molar-refractivity contribution is 6.17. The van der Waals surface area contributed by atoms with Crippen molar-refractivity contribution in [3.8, 4) is 11.4 Å². The third-order valence-electron chi connectivity index (χ3n) is 5.54. The number of aryl methyl sites for hydroxylation is 4. The summed E-state index contributed by atoms with van der Waals surface area (Å²) in [6.07, 6.45) is 9.76. The molecular formula is C26H40ClN3O3+2. The second-order valence-corrected chi connectivity index (χ2v) is 8.79. The van der Waals surface area contributed by atoms with Crippen molar-refractivity contribution in [2.75, 3.05) is 38.9 Å². The molecule has 6 nitrogen and oxygen atoms in total. The number of amides is 1. The quantitative estimate of drug-likeness (QED) is 0.229. The fraction of sp³-hybridized carbons (Fsp3) is 0.577. The number of halogens is 1. The number of aromatic nitrogens is 2. The summed E-state index contributed by atoms with van der Waals surface area (Å²) in [6.45, 7) is 5.03. The molecule has 1 amide bonds. The van der Waals surface area contributed by atoms with Gasteiger partial charge in [0.25, 0.3) is 11.4 Å². The van der Waals surface area contributed by atoms with Crippen molar-refractivity contribution in [3.63, 3.8) is 0 Å². The molecule has 0 aliphatic heterocycles. The van der Waals surface area contributed by atoms with E-state index in [0.717, 1.165) is 48.7 Å². The number of nitrogens with one attached hydrogen (secondary N) is 1. The number of carbonyl (C=O) groups excluding carboxylic acids is 1. The van der Waals surface area contributed by atoms with Crippen molar-refractivity contribution in [2.24, 2.45) is 14.1 Å². The highest BCUT2D eigenvalue weighted by Crippen LogP contribution is 2.14. The maximum atomic E-state index is 12.2. The van der Waals surface area contributed by atoms with Gasteiger partial charge in [-0.25, -0.2) is 0 Å². The van der Waals surface area contributed by atoms with Gasteiger partial charge in [0.15, 0.2) is 12.4 Å². The van der Waals surface area contributed by atoms with E-state index >= 15 is 0 Å². The first kappa shape index (κ1) is 27.2. The Morgan fingerprint density at radius 1 is 0.909 bits per heavy atom. The number of alkyl halides is 1. The Kier molecular flexibility index (Phi) is 13.0. The fourth-order valence-electron chi connectivity index (χ4n) is 3.54. The Morgan fingerprint density at radius 3 is 2.33 bits per heavy atom. The van der Waals surface area contributed by atoms with E-state index in [1.165, 1.54) is 12.0 Å². The van der Waals surface area contributed by atoms with Crippen LogP contribution in [0.3, 0.4) is 0 Å². The average molecular weight is 478 g/mol. The van der Waals surface area contributed by atoms with Gasteiger partial charge in [0.05, 0.1) is 19.8 Å². The largest absolute Gasteiger partial charge is 0.379 e. The molecule has 0 saturated carbocycles. The molecule has 0 fully saturated rings. The van der Waals surface area contributed by atoms with E-state index < -0.39 is 0 Å². The van der Waals surface area contributed by atoms with Gasteiger partial charge in [0.1, 0.15) is 14.1 Å². The number of hydrogen-bond acceptors (Lipinski definition) is 3. The van der Waals surface area contributed by atoms with E-state index in [2.05, 4.69) is 58.0 Å². The summed E-state index contributed by atoms with van der Waals surface area (Å²) < 4.78 is 15.3. The van der Waals surface area contributed by atoms with E-state index in [4.69, 9.17) is 21.1 Å². The molecule has 1 N–H and O–H groups in total. The lowest BCUT2D eigenvalue weighted by Crippen LogP contribution is -2.38. The van der Waals surface area contributed by atoms with Gasteiger partial charge in [0, 0.05) is 49.7 Å². The monoisotopic (exact) mass is 477 g/mol. The van der Waals surface area contributed by atoms with E-state index in [-0.39, 0.29) is 5.91 Å². The van der Waals surface area contributed by atoms with Crippen LogP contribution in [0.25, 0.3) is 11.4 Å². The van der Waals surface area contributed by atoms with Crippen LogP contribution >= 0.6 is 11.6 Å². The smallest absolute Gasteiger partial charge is 0.277 e. The SMILES string of the molecule is Cc1cc[n+](C)c(-c2cc(CCC(=O)NCCOCCOCCCCCCCl)cc[n+]2C)c1. The standard InChI is InChI=1S/C26H39ClN3O3/c1-22-10-14-29(2)24(20-22)25-21-23(11-15-30(25)3)8-9-26(31)28-13-17-33-19-18-32-16-7-5-4-6-12-27/h10-11,14-15,20-21H,4-9,12-13,16-19H2,1-3H3/q+1/p+1. The van der Waals surface area contributed by atoms with Crippen LogP contribution in [0.1, 0.15) is 43.2 Å². The summed E-state index contributed by atoms with van der Waals surface area (Å²) in [5.74, 6) is 0.784. The average Bonchev–Trinajstić information content (AvgIpc) is 2.81. The lowest BCUT2D eigenvalue weighted by atomic mass is 10.1. The lowest BCUT2D eigenvalue weighted by Gasteiger charge is -2.08. The Hall–Kier alpha value is -2.02. The molecule has 182 valence electrons. The predicted molar refractivity (Wildman–Crippen MR) is 131 cm³/mol. The molecule has 0 bridgehead atoms. The van der Waals surface area contributed by atoms with Gasteiger partial charge in [-0.2, -0.15) is 9.13 Å². The molecule has 0 atom stereocenters. The predicted octanol–water partition coefficient (Wildman–Crippen LogP) is 3.19. The Balaban J connectivity index is 1.62. The molecule has 2 aromatic heterocycles. The Morgan fingerprint density at radius 2 is 1.58 bits per heavy atom. The second-order valence-electron chi connectivity index (χ2n) is 8.41. The van der Waals surface area contributed by atoms with Gasteiger partial charge >= 0.3 is 0 Å². The molecule has 0 radical (unpaired) electrons. The molecule has 0 saturated heterocycles. The molecule has 2 heterocycles. The summed E-state index contributed by atoms with van der Waals surface area (Å²) in [7, 11) is 4.09. The first-order valence-corrected chi connectivity index (χ1v) is 12.5. The Bertz CT molecular complexity index is 861. The zero-order chi connectivity index (χ0) is 23.9. The third-order valence-corrected chi connectivity index (χ3v) is 5.80. The molecule has 0 unspecified atom stereocenters. The molecule has 33 heavy (non-hydrogen) atoms. The van der Waals surface area contributed by atoms with Crippen LogP contribution < -0.4 is 14.5 Å². The minimum absolute atomic E-state index is 0.0442. The highest BCUT2D eigenvalue weighted by atomic mass is 35.5. The molecule has 0 spiro atoms. The van der Waals surface area contributed by atoms with Gasteiger partial charge in [0.2, 0.25) is 5.91 Å². The maximum absolute atomic E-state index is 12.2. The fourth-order valence-corrected chi connectivity index (χ4v) is 3.73. The van der Waals surface area contributed by atoms with Crippen molar-refractivity contribution in [3.05, 3.63) is 47.8 Å². The number of carbonyl (C=O) groups is 1. The van der Waals surface area contributed by atoms with Crippen molar-refractivity contribution in [1.82, 2.24) is 5.32 Å². The van der Waals surface area contributed by atoms with E-state index in [0.29, 0.717) is 39.2 Å². The third kappa shape index (κ3) is 10.6. The van der Waals surface area contributed by atoms with E-state index in [1.54, 1.807) is 0 Å². The number of rotatable bonds is 16. The highest BCUT2D eigenvalue weighted by Gasteiger charge is 2.20. The second kappa shape index (κ2) is 15.8. The summed E-state index contributed by atoms with van der Waals surface area (Å²) in [5.41, 5.74) is 4.65. The summed E-state index contributed by atoms with van der Waals surface area (Å²) >= 11 is 5.66. The number of ether oxygens (including phenoxy) is 2. The van der Waals surface area contributed by atoms with Crippen molar-refractivity contribution in [1.29, 1.82) is 0 Å². The van der Waals surface area contributed by atoms with Gasteiger partial charge in [-0.15, -0.1) is 11.6 Å². The van der Waals surface area contributed by atoms with Crippen LogP contribution in [-0.4, -0.2) is 44.8 Å². The summed E-state index contributed by atoms with van der Waals surface area (Å²) in [4.78, 5) is 12.2. The van der Waals surface area contributed by atoms with Crippen LogP contribution in [0.4, 0.5) is 0 Å². The van der Waals surface area contributed by atoms with Crippen LogP contribution in [0.5, 0.6) is 0 Å². The molecule has 0 aliphatic carbocycles. The molecule has 7 heteroatoms. The number of hydrogen-bond donors (Lipinski definition) is 1. The van der Waals surface area contributed by atoms with Gasteiger partial charge in [-0.1, -0.05) is 12.8 Å². The van der Waals surface area contributed by atoms with Crippen LogP contribution in [-0.2, 0) is 34.8 Å². The first-order valence-electron chi connectivity index (χ1n) is 11.9. The minimum Gasteiger partial charge on any atom is -0.379 e. The lowest BCUT2D eigenvalue weighted by molar-refractivity contribution is -0.690. The minimum atomic E-state index is 0.0442. The van der Waals surface area contributed by atoms with Gasteiger partial charge in [-0.3, -0.25) is 4.79 Å². The molecule has 0 aliphatic rings. The molecular weight excluding hydrogens is 438 g/mol. The summed E-state index contributed by atoms with van der Waals surface area (Å²) in [5, 5.41) is 2.93. The van der Waals surface area contributed by atoms with Crippen LogP contribution in [0.2, 0.25) is 0 Å². The molecule has 0 aromatic carbocycles. The zero-order valence-corrected chi connectivity index (χ0v) is 21.2. The van der Waals surface area contributed by atoms with E-state index in [9.17, 15) is 4.79 Å². The molecule has 2 aromatic rings. The topological polar surface area (TPSA) is 55.3 Å². The first-order chi connectivity index (χ1) is 16.0. The van der Waals surface area contributed by atoms with Gasteiger partial charge < -0.3 is 14.8 Å². The van der Waals surface area contributed by atoms with Crippen LogP contribution in [0, 0.1) is 6.92 Å². The van der Waals surface area contributed by atoms with E-state index in [1.807, 2.05) is 14.1 Å². The number of nitrogens with zero attached hydrogens (tertiary/aromatic N) is 2. The van der Waals surface area contributed by atoms with Crippen molar-refractivity contribution in [2.45, 2.75) is 45.4 Å². The molecule has 2 rings (SSSR count). The maximum Gasteiger partial charge on any atom is 0.277 e.